The van der Waals surface area contributed by atoms with E-state index in [4.69, 9.17) is 0 Å². The third-order valence-electron chi connectivity index (χ3n) is 3.84. The van der Waals surface area contributed by atoms with Crippen LogP contribution >= 0.6 is 0 Å². The number of hydrogen-bond acceptors (Lipinski definition) is 3. The summed E-state index contributed by atoms with van der Waals surface area (Å²) in [5.41, 5.74) is 1.60. The van der Waals surface area contributed by atoms with Crippen molar-refractivity contribution >= 4 is 16.8 Å². The highest BCUT2D eigenvalue weighted by Gasteiger charge is 2.11. The van der Waals surface area contributed by atoms with Gasteiger partial charge < -0.3 is 5.32 Å². The van der Waals surface area contributed by atoms with Crippen LogP contribution in [0.3, 0.4) is 0 Å². The van der Waals surface area contributed by atoms with Gasteiger partial charge in [-0.15, -0.1) is 0 Å². The van der Waals surface area contributed by atoms with E-state index in [-0.39, 0.29) is 24.1 Å². The fourth-order valence-corrected chi connectivity index (χ4v) is 2.71. The van der Waals surface area contributed by atoms with Crippen LogP contribution in [0.4, 0.5) is 0 Å². The lowest BCUT2D eigenvalue weighted by molar-refractivity contribution is -0.122. The van der Waals surface area contributed by atoms with E-state index in [0.717, 1.165) is 12.0 Å². The molecule has 0 aliphatic rings. The maximum absolute atomic E-state index is 12.4. The average molecular weight is 321 g/mol. The molecule has 1 atom stereocenters. The van der Waals surface area contributed by atoms with Crippen LogP contribution in [-0.4, -0.2) is 21.5 Å². The summed E-state index contributed by atoms with van der Waals surface area (Å²) in [6.07, 6.45) is 2.17. The molecule has 0 radical (unpaired) electrons. The molecule has 5 heteroatoms. The maximum Gasteiger partial charge on any atom is 0.261 e. The normalized spacial score (nSPS) is 12.0. The van der Waals surface area contributed by atoms with E-state index in [1.807, 2.05) is 43.3 Å². The van der Waals surface area contributed by atoms with Gasteiger partial charge in [-0.25, -0.2) is 4.98 Å². The van der Waals surface area contributed by atoms with Gasteiger partial charge in [0.05, 0.1) is 17.2 Å². The zero-order valence-electron chi connectivity index (χ0n) is 13.5. The Balaban J connectivity index is 1.67. The summed E-state index contributed by atoms with van der Waals surface area (Å²) in [4.78, 5) is 28.8. The Morgan fingerprint density at radius 1 is 1.12 bits per heavy atom. The second kappa shape index (κ2) is 7.08. The second-order valence-electron chi connectivity index (χ2n) is 5.85. The van der Waals surface area contributed by atoms with Crippen molar-refractivity contribution in [1.29, 1.82) is 0 Å². The summed E-state index contributed by atoms with van der Waals surface area (Å²) >= 11 is 0. The predicted molar refractivity (Wildman–Crippen MR) is 93.8 cm³/mol. The number of amides is 1. The highest BCUT2D eigenvalue weighted by atomic mass is 16.2. The van der Waals surface area contributed by atoms with E-state index in [9.17, 15) is 9.59 Å². The van der Waals surface area contributed by atoms with Gasteiger partial charge in [-0.2, -0.15) is 0 Å². The minimum Gasteiger partial charge on any atom is -0.352 e. The number of carbonyl (C=O) groups excluding carboxylic acids is 1. The molecule has 24 heavy (non-hydrogen) atoms. The molecule has 0 spiro atoms. The second-order valence-corrected chi connectivity index (χ2v) is 5.85. The van der Waals surface area contributed by atoms with Gasteiger partial charge in [-0.1, -0.05) is 42.5 Å². The molecule has 1 amide bonds. The molecule has 0 unspecified atom stereocenters. The van der Waals surface area contributed by atoms with E-state index in [1.54, 1.807) is 18.2 Å². The van der Waals surface area contributed by atoms with E-state index in [2.05, 4.69) is 10.3 Å². The molecule has 1 N–H and O–H groups in total. The third kappa shape index (κ3) is 3.68. The monoisotopic (exact) mass is 321 g/mol. The van der Waals surface area contributed by atoms with Crippen molar-refractivity contribution in [1.82, 2.24) is 14.9 Å². The molecule has 0 saturated heterocycles. The first-order valence-electron chi connectivity index (χ1n) is 7.91. The zero-order chi connectivity index (χ0) is 16.9. The van der Waals surface area contributed by atoms with Gasteiger partial charge in [0.25, 0.3) is 5.56 Å². The number of aromatic nitrogens is 2. The van der Waals surface area contributed by atoms with E-state index >= 15 is 0 Å². The molecule has 3 aromatic rings. The number of hydrogen-bond donors (Lipinski definition) is 1. The Bertz CT molecular complexity index is 903. The maximum atomic E-state index is 12.4. The molecule has 122 valence electrons. The number of carbonyl (C=O) groups is 1. The lowest BCUT2D eigenvalue weighted by Gasteiger charge is -2.14. The SMILES string of the molecule is C[C@@H](Cc1ccccc1)NC(=O)Cn1cnc2ccccc2c1=O. The van der Waals surface area contributed by atoms with Gasteiger partial charge >= 0.3 is 0 Å². The molecule has 5 nitrogen and oxygen atoms in total. The van der Waals surface area contributed by atoms with Gasteiger partial charge in [0.2, 0.25) is 5.91 Å². The van der Waals surface area contributed by atoms with Crippen molar-refractivity contribution in [2.75, 3.05) is 0 Å². The molecule has 1 heterocycles. The van der Waals surface area contributed by atoms with Crippen LogP contribution in [0.2, 0.25) is 0 Å². The fourth-order valence-electron chi connectivity index (χ4n) is 2.71. The molecule has 2 aromatic carbocycles. The van der Waals surface area contributed by atoms with Crippen LogP contribution in [0.15, 0.2) is 65.7 Å². The zero-order valence-corrected chi connectivity index (χ0v) is 13.5. The minimum atomic E-state index is -0.202. The number of rotatable bonds is 5. The van der Waals surface area contributed by atoms with Crippen LogP contribution in [0.5, 0.6) is 0 Å². The van der Waals surface area contributed by atoms with Crippen LogP contribution < -0.4 is 10.9 Å². The smallest absolute Gasteiger partial charge is 0.261 e. The highest BCUT2D eigenvalue weighted by Crippen LogP contribution is 2.05. The van der Waals surface area contributed by atoms with E-state index in [1.165, 1.54) is 10.9 Å². The van der Waals surface area contributed by atoms with Crippen molar-refractivity contribution in [3.8, 4) is 0 Å². The molecule has 0 bridgehead atoms. The Labute approximate surface area is 140 Å². The van der Waals surface area contributed by atoms with Gasteiger partial charge in [0.15, 0.2) is 0 Å². The Hall–Kier alpha value is -2.95. The third-order valence-corrected chi connectivity index (χ3v) is 3.84. The van der Waals surface area contributed by atoms with E-state index in [0.29, 0.717) is 10.9 Å². The van der Waals surface area contributed by atoms with E-state index < -0.39 is 0 Å². The lowest BCUT2D eigenvalue weighted by Crippen LogP contribution is -2.38. The summed E-state index contributed by atoms with van der Waals surface area (Å²) in [6.45, 7) is 1.92. The van der Waals surface area contributed by atoms with Crippen molar-refractivity contribution < 1.29 is 4.79 Å². The van der Waals surface area contributed by atoms with Gasteiger partial charge in [-0.05, 0) is 31.0 Å². The Morgan fingerprint density at radius 2 is 1.83 bits per heavy atom. The Kier molecular flexibility index (Phi) is 4.70. The Morgan fingerprint density at radius 3 is 2.62 bits per heavy atom. The summed E-state index contributed by atoms with van der Waals surface area (Å²) in [7, 11) is 0. The first-order chi connectivity index (χ1) is 11.6. The van der Waals surface area contributed by atoms with Crippen molar-refractivity contribution in [3.63, 3.8) is 0 Å². The number of para-hydroxylation sites is 1. The minimum absolute atomic E-state index is 0.0102. The fraction of sp³-hybridized carbons (Fsp3) is 0.211. The molecule has 0 aliphatic carbocycles. The lowest BCUT2D eigenvalue weighted by atomic mass is 10.1. The van der Waals surface area contributed by atoms with Gasteiger partial charge in [0, 0.05) is 6.04 Å². The largest absolute Gasteiger partial charge is 0.352 e. The van der Waals surface area contributed by atoms with Gasteiger partial charge in [0.1, 0.15) is 6.54 Å². The standard InChI is InChI=1S/C19H19N3O2/c1-14(11-15-7-3-2-4-8-15)21-18(23)12-22-13-20-17-10-6-5-9-16(17)19(22)24/h2-10,13-14H,11-12H2,1H3,(H,21,23)/t14-/m0/s1. The number of fused-ring (bicyclic) bond motifs is 1. The molecule has 0 saturated carbocycles. The van der Waals surface area contributed by atoms with Crippen molar-refractivity contribution in [3.05, 3.63) is 76.8 Å². The van der Waals surface area contributed by atoms with Crippen LogP contribution in [-0.2, 0) is 17.8 Å². The number of nitrogens with zero attached hydrogens (tertiary/aromatic N) is 2. The topological polar surface area (TPSA) is 64.0 Å². The van der Waals surface area contributed by atoms with Crippen LogP contribution in [0, 0.1) is 0 Å². The summed E-state index contributed by atoms with van der Waals surface area (Å²) in [6, 6.07) is 17.1. The summed E-state index contributed by atoms with van der Waals surface area (Å²) in [5.74, 6) is -0.197. The van der Waals surface area contributed by atoms with Crippen LogP contribution in [0.1, 0.15) is 12.5 Å². The van der Waals surface area contributed by atoms with Crippen molar-refractivity contribution in [2.45, 2.75) is 25.9 Å². The first-order valence-corrected chi connectivity index (χ1v) is 7.91. The molecule has 3 rings (SSSR count). The van der Waals surface area contributed by atoms with Crippen molar-refractivity contribution in [2.24, 2.45) is 0 Å². The molecule has 0 aliphatic heterocycles. The van der Waals surface area contributed by atoms with Gasteiger partial charge in [-0.3, -0.25) is 14.2 Å². The molecule has 1 aromatic heterocycles. The van der Waals surface area contributed by atoms with Crippen LogP contribution in [0.25, 0.3) is 10.9 Å². The summed E-state index contributed by atoms with van der Waals surface area (Å²) in [5, 5.41) is 3.44. The molecular formula is C19H19N3O2. The summed E-state index contributed by atoms with van der Waals surface area (Å²) < 4.78 is 1.34. The predicted octanol–water partition coefficient (Wildman–Crippen LogP) is 2.14. The highest BCUT2D eigenvalue weighted by molar-refractivity contribution is 5.79. The first kappa shape index (κ1) is 15.9. The number of nitrogens with one attached hydrogen (secondary N) is 1. The average Bonchev–Trinajstić information content (AvgIpc) is 2.58. The molecule has 0 fully saturated rings. The quantitative estimate of drug-likeness (QED) is 0.783. The number of benzene rings is 2. The molecular weight excluding hydrogens is 302 g/mol.